The van der Waals surface area contributed by atoms with Gasteiger partial charge in [0.05, 0.1) is 23.7 Å². The third-order valence-corrected chi connectivity index (χ3v) is 5.03. The second-order valence-electron chi connectivity index (χ2n) is 7.18. The summed E-state index contributed by atoms with van der Waals surface area (Å²) in [5.41, 5.74) is 1.74. The fourth-order valence-corrected chi connectivity index (χ4v) is 3.71. The van der Waals surface area contributed by atoms with E-state index < -0.39 is 12.1 Å². The zero-order valence-electron chi connectivity index (χ0n) is 15.9. The quantitative estimate of drug-likeness (QED) is 0.802. The molecule has 0 aromatic carbocycles. The Morgan fingerprint density at radius 3 is 2.20 bits per heavy atom. The number of fused-ring (bicyclic) bond motifs is 1. The molecule has 4 heterocycles. The molecule has 2 aromatic heterocycles. The summed E-state index contributed by atoms with van der Waals surface area (Å²) in [7, 11) is 0. The minimum atomic E-state index is -5.08. The monoisotopic (exact) mass is 423 g/mol. The summed E-state index contributed by atoms with van der Waals surface area (Å²) in [5, 5.41) is 14.6. The Hall–Kier alpha value is -3.08. The Morgan fingerprint density at radius 1 is 1.03 bits per heavy atom. The van der Waals surface area contributed by atoms with Gasteiger partial charge in [-0.05, 0) is 30.0 Å². The van der Waals surface area contributed by atoms with Crippen LogP contribution in [0.4, 0.5) is 13.2 Å². The van der Waals surface area contributed by atoms with E-state index in [1.165, 1.54) is 0 Å². The Balaban J connectivity index is 0.000000318. The van der Waals surface area contributed by atoms with Gasteiger partial charge in [0.2, 0.25) is 0 Å². The standard InChI is InChI=1S/C17H19N5O.C2HF3O2/c23-17(13-4-6-19-20-7-13)22-10-14-8-21(9-15(14)11-22)12-16-3-1-2-5-18-16;3-2(4,5)1(6)7/h1-7,14-15H,8-12H2;(H,6,7). The minimum Gasteiger partial charge on any atom is -0.475 e. The lowest BCUT2D eigenvalue weighted by Gasteiger charge is -2.21. The van der Waals surface area contributed by atoms with Crippen molar-refractivity contribution in [3.05, 3.63) is 54.1 Å². The van der Waals surface area contributed by atoms with E-state index in [-0.39, 0.29) is 5.91 Å². The van der Waals surface area contributed by atoms with Gasteiger partial charge < -0.3 is 10.0 Å². The minimum absolute atomic E-state index is 0.0746. The second kappa shape index (κ2) is 9.16. The average Bonchev–Trinajstić information content (AvgIpc) is 3.27. The number of pyridine rings is 1. The number of likely N-dealkylation sites (tertiary alicyclic amines) is 2. The van der Waals surface area contributed by atoms with E-state index in [9.17, 15) is 18.0 Å². The molecule has 2 aliphatic heterocycles. The van der Waals surface area contributed by atoms with E-state index in [0.29, 0.717) is 17.4 Å². The summed E-state index contributed by atoms with van der Waals surface area (Å²) in [6, 6.07) is 7.78. The van der Waals surface area contributed by atoms with E-state index in [0.717, 1.165) is 38.4 Å². The van der Waals surface area contributed by atoms with Crippen LogP contribution < -0.4 is 0 Å². The molecule has 30 heavy (non-hydrogen) atoms. The maximum Gasteiger partial charge on any atom is 0.490 e. The number of alkyl halides is 3. The maximum absolute atomic E-state index is 12.5. The smallest absolute Gasteiger partial charge is 0.475 e. The Bertz CT molecular complexity index is 853. The maximum atomic E-state index is 12.5. The molecule has 0 radical (unpaired) electrons. The van der Waals surface area contributed by atoms with E-state index in [1.54, 1.807) is 18.5 Å². The SMILES string of the molecule is O=C(O)C(F)(F)F.O=C(c1ccnnc1)N1CC2CN(Cc3ccccn3)CC2C1. The number of halogens is 3. The first-order valence-electron chi connectivity index (χ1n) is 9.22. The number of nitrogens with zero attached hydrogens (tertiary/aromatic N) is 5. The molecule has 4 rings (SSSR count). The molecule has 160 valence electrons. The molecular weight excluding hydrogens is 403 g/mol. The molecule has 0 aliphatic carbocycles. The summed E-state index contributed by atoms with van der Waals surface area (Å²) in [4.78, 5) is 30.2. The van der Waals surface area contributed by atoms with Crippen molar-refractivity contribution in [1.29, 1.82) is 0 Å². The lowest BCUT2D eigenvalue weighted by Crippen LogP contribution is -2.33. The van der Waals surface area contributed by atoms with Crippen molar-refractivity contribution in [2.75, 3.05) is 26.2 Å². The van der Waals surface area contributed by atoms with Crippen LogP contribution in [0.25, 0.3) is 0 Å². The highest BCUT2D eigenvalue weighted by molar-refractivity contribution is 5.94. The van der Waals surface area contributed by atoms with Crippen LogP contribution >= 0.6 is 0 Å². The zero-order valence-corrected chi connectivity index (χ0v) is 15.9. The number of carboxylic acid groups (broad SMARTS) is 1. The van der Waals surface area contributed by atoms with Crippen molar-refractivity contribution >= 4 is 11.9 Å². The number of hydrogen-bond donors (Lipinski definition) is 1. The second-order valence-corrected chi connectivity index (χ2v) is 7.18. The lowest BCUT2D eigenvalue weighted by atomic mass is 10.0. The highest BCUT2D eigenvalue weighted by Gasteiger charge is 2.41. The summed E-state index contributed by atoms with van der Waals surface area (Å²) in [6.45, 7) is 4.66. The third-order valence-electron chi connectivity index (χ3n) is 5.03. The average molecular weight is 423 g/mol. The van der Waals surface area contributed by atoms with Crippen molar-refractivity contribution in [3.8, 4) is 0 Å². The van der Waals surface area contributed by atoms with Gasteiger partial charge in [-0.1, -0.05) is 6.07 Å². The number of carbonyl (C=O) groups excluding carboxylic acids is 1. The van der Waals surface area contributed by atoms with Crippen molar-refractivity contribution in [2.45, 2.75) is 12.7 Å². The van der Waals surface area contributed by atoms with Crippen LogP contribution in [0.5, 0.6) is 0 Å². The van der Waals surface area contributed by atoms with Gasteiger partial charge in [0.15, 0.2) is 0 Å². The first-order chi connectivity index (χ1) is 14.2. The van der Waals surface area contributed by atoms with Gasteiger partial charge in [0, 0.05) is 38.9 Å². The lowest BCUT2D eigenvalue weighted by molar-refractivity contribution is -0.192. The molecule has 2 saturated heterocycles. The first kappa shape index (κ1) is 21.6. The largest absolute Gasteiger partial charge is 0.490 e. The molecule has 1 amide bonds. The molecule has 1 N–H and O–H groups in total. The van der Waals surface area contributed by atoms with Crippen LogP contribution in [0.2, 0.25) is 0 Å². The van der Waals surface area contributed by atoms with Crippen LogP contribution in [-0.2, 0) is 11.3 Å². The van der Waals surface area contributed by atoms with E-state index >= 15 is 0 Å². The first-order valence-corrected chi connectivity index (χ1v) is 9.22. The molecular formula is C19H20F3N5O3. The fraction of sp³-hybridized carbons (Fsp3) is 0.421. The van der Waals surface area contributed by atoms with Gasteiger partial charge in [-0.15, -0.1) is 0 Å². The van der Waals surface area contributed by atoms with Crippen LogP contribution in [-0.4, -0.2) is 74.3 Å². The van der Waals surface area contributed by atoms with Gasteiger partial charge in [0.1, 0.15) is 0 Å². The topological polar surface area (TPSA) is 99.5 Å². The molecule has 2 unspecified atom stereocenters. The molecule has 2 aliphatic rings. The number of aromatic nitrogens is 3. The molecule has 2 atom stereocenters. The van der Waals surface area contributed by atoms with Gasteiger partial charge in [-0.2, -0.15) is 23.4 Å². The molecule has 2 aromatic rings. The van der Waals surface area contributed by atoms with Crippen molar-refractivity contribution < 1.29 is 27.9 Å². The van der Waals surface area contributed by atoms with E-state index in [2.05, 4.69) is 26.1 Å². The predicted octanol–water partition coefficient (Wildman–Crippen LogP) is 1.71. The Morgan fingerprint density at radius 2 is 1.70 bits per heavy atom. The Labute approximate surface area is 170 Å². The fourth-order valence-electron chi connectivity index (χ4n) is 3.71. The molecule has 2 fully saturated rings. The summed E-state index contributed by atoms with van der Waals surface area (Å²) >= 11 is 0. The van der Waals surface area contributed by atoms with Crippen molar-refractivity contribution in [3.63, 3.8) is 0 Å². The molecule has 0 bridgehead atoms. The number of carbonyl (C=O) groups is 2. The Kier molecular flexibility index (Phi) is 6.60. The number of amides is 1. The molecule has 0 saturated carbocycles. The highest BCUT2D eigenvalue weighted by Crippen LogP contribution is 2.32. The third kappa shape index (κ3) is 5.50. The summed E-state index contributed by atoms with van der Waals surface area (Å²) < 4.78 is 31.7. The highest BCUT2D eigenvalue weighted by atomic mass is 19.4. The van der Waals surface area contributed by atoms with Crippen LogP contribution in [0.1, 0.15) is 16.1 Å². The molecule has 8 nitrogen and oxygen atoms in total. The van der Waals surface area contributed by atoms with Crippen LogP contribution in [0, 0.1) is 11.8 Å². The number of rotatable bonds is 3. The number of hydrogen-bond acceptors (Lipinski definition) is 6. The number of carboxylic acids is 1. The van der Waals surface area contributed by atoms with Gasteiger partial charge in [-0.3, -0.25) is 14.7 Å². The summed E-state index contributed by atoms with van der Waals surface area (Å²) in [5.74, 6) is -1.55. The van der Waals surface area contributed by atoms with Crippen molar-refractivity contribution in [2.24, 2.45) is 11.8 Å². The van der Waals surface area contributed by atoms with E-state index in [4.69, 9.17) is 9.90 Å². The van der Waals surface area contributed by atoms with Crippen LogP contribution in [0.15, 0.2) is 42.9 Å². The van der Waals surface area contributed by atoms with Gasteiger partial charge >= 0.3 is 12.1 Å². The molecule has 11 heteroatoms. The van der Waals surface area contributed by atoms with Gasteiger partial charge in [-0.25, -0.2) is 4.79 Å². The zero-order chi connectivity index (χ0) is 21.7. The number of aliphatic carboxylic acids is 1. The van der Waals surface area contributed by atoms with Crippen LogP contribution in [0.3, 0.4) is 0 Å². The predicted molar refractivity (Wildman–Crippen MR) is 98.1 cm³/mol. The molecule has 0 spiro atoms. The van der Waals surface area contributed by atoms with Crippen molar-refractivity contribution in [1.82, 2.24) is 25.0 Å². The summed E-state index contributed by atoms with van der Waals surface area (Å²) in [6.07, 6.45) is -0.127. The van der Waals surface area contributed by atoms with Gasteiger partial charge in [0.25, 0.3) is 5.91 Å². The van der Waals surface area contributed by atoms with E-state index in [1.807, 2.05) is 23.2 Å². The normalized spacial score (nSPS) is 21.0.